The number of piperidine rings is 2. The Kier molecular flexibility index (Phi) is 12.3. The van der Waals surface area contributed by atoms with E-state index in [1.165, 1.54) is 17.6 Å². The van der Waals surface area contributed by atoms with Gasteiger partial charge in [0.15, 0.2) is 23.8 Å². The van der Waals surface area contributed by atoms with Gasteiger partial charge in [-0.25, -0.2) is 29.4 Å². The Hall–Kier alpha value is -6.90. The van der Waals surface area contributed by atoms with E-state index in [9.17, 15) is 19.2 Å². The van der Waals surface area contributed by atoms with Gasteiger partial charge in [0.1, 0.15) is 29.6 Å². The molecular weight excluding hydrogens is 919 g/mol. The number of amides is 4. The molecule has 0 spiro atoms. The first kappa shape index (κ1) is 47.4. The predicted octanol–water partition coefficient (Wildman–Crippen LogP) is 4.42. The number of nitrogen functional groups attached to an aromatic ring is 1. The molecule has 4 amide bonds. The standard InChI is InChI=1S/C51H65N15O6/c1-50(2,3)66-47-41(45(52)55-30-56-47)42(58-66)43-40(44(72-59-43)31-9-10-31)46-53-27-33(28-54-46)60-19-21-63(22-20-60)49(70)71-29-39(68)62-16-13-32(14-17-62)51(4,5)64-25-23-61(24-26-64)35-7-6-8-36-34(35)15-18-65(36)37-11-12-38(67)57-48(37)69/h6-8,27-28,30-32,37H,9-26,29H2,1-5H3,(H2,52,55,56)(H,57,67,69)/t37-/m1/s1. The van der Waals surface area contributed by atoms with Crippen molar-refractivity contribution >= 4 is 57.7 Å². The van der Waals surface area contributed by atoms with Gasteiger partial charge in [-0.15, -0.1) is 0 Å². The Labute approximate surface area is 418 Å². The summed E-state index contributed by atoms with van der Waals surface area (Å²) >= 11 is 0. The third-order valence-electron chi connectivity index (χ3n) is 16.0. The highest BCUT2D eigenvalue weighted by atomic mass is 16.6. The summed E-state index contributed by atoms with van der Waals surface area (Å²) in [5, 5.41) is 12.6. The molecule has 11 rings (SSSR count). The molecule has 4 saturated heterocycles. The third kappa shape index (κ3) is 8.82. The number of nitrogens with two attached hydrogens (primary N) is 1. The third-order valence-corrected chi connectivity index (χ3v) is 16.0. The van der Waals surface area contributed by atoms with Crippen LogP contribution in [0.2, 0.25) is 0 Å². The van der Waals surface area contributed by atoms with Crippen LogP contribution in [0.4, 0.5) is 27.7 Å². The average Bonchev–Trinajstić information content (AvgIpc) is 3.77. The zero-order valence-corrected chi connectivity index (χ0v) is 42.0. The van der Waals surface area contributed by atoms with Gasteiger partial charge >= 0.3 is 6.09 Å². The van der Waals surface area contributed by atoms with Crippen LogP contribution in [0.1, 0.15) is 90.4 Å². The van der Waals surface area contributed by atoms with E-state index in [1.54, 1.807) is 17.3 Å². The molecule has 5 fully saturated rings. The summed E-state index contributed by atoms with van der Waals surface area (Å²) in [6.07, 6.45) is 10.1. The number of nitrogens with one attached hydrogen (secondary N) is 1. The van der Waals surface area contributed by atoms with E-state index in [0.29, 0.717) is 97.7 Å². The molecule has 0 bridgehead atoms. The molecule has 21 nitrogen and oxygen atoms in total. The Balaban J connectivity index is 0.645. The summed E-state index contributed by atoms with van der Waals surface area (Å²) in [4.78, 5) is 82.5. The summed E-state index contributed by atoms with van der Waals surface area (Å²) in [6, 6.07) is 6.10. The van der Waals surface area contributed by atoms with Crippen LogP contribution in [-0.2, 0) is 31.1 Å². The van der Waals surface area contributed by atoms with E-state index in [2.05, 4.69) is 72.1 Å². The molecule has 0 radical (unpaired) electrons. The number of aromatic nitrogens is 7. The average molecular weight is 984 g/mol. The maximum Gasteiger partial charge on any atom is 0.410 e. The van der Waals surface area contributed by atoms with Gasteiger partial charge in [-0.1, -0.05) is 11.2 Å². The molecule has 380 valence electrons. The molecule has 21 heteroatoms. The van der Waals surface area contributed by atoms with Crippen molar-refractivity contribution < 1.29 is 28.4 Å². The van der Waals surface area contributed by atoms with Crippen molar-refractivity contribution in [1.29, 1.82) is 0 Å². The van der Waals surface area contributed by atoms with Crippen LogP contribution in [0.15, 0.2) is 41.4 Å². The molecule has 9 heterocycles. The smallest absolute Gasteiger partial charge is 0.410 e. The highest BCUT2D eigenvalue weighted by molar-refractivity contribution is 6.02. The fourth-order valence-corrected chi connectivity index (χ4v) is 11.6. The van der Waals surface area contributed by atoms with Crippen molar-refractivity contribution in [1.82, 2.24) is 54.9 Å². The molecular formula is C51H65N15O6. The number of fused-ring (bicyclic) bond motifs is 2. The van der Waals surface area contributed by atoms with E-state index < -0.39 is 11.6 Å². The first-order chi connectivity index (χ1) is 34.6. The number of ether oxygens (including phenoxy) is 1. The number of benzene rings is 1. The van der Waals surface area contributed by atoms with Gasteiger partial charge in [-0.3, -0.25) is 24.6 Å². The fourth-order valence-electron chi connectivity index (χ4n) is 11.6. The van der Waals surface area contributed by atoms with Gasteiger partial charge in [-0.2, -0.15) is 5.10 Å². The minimum Gasteiger partial charge on any atom is -0.439 e. The number of likely N-dealkylation sites (tertiary alicyclic amines) is 1. The van der Waals surface area contributed by atoms with Crippen molar-refractivity contribution in [3.8, 4) is 22.8 Å². The van der Waals surface area contributed by atoms with Gasteiger partial charge in [0.2, 0.25) is 11.8 Å². The highest BCUT2D eigenvalue weighted by Gasteiger charge is 2.42. The second kappa shape index (κ2) is 18.6. The van der Waals surface area contributed by atoms with Crippen molar-refractivity contribution in [2.75, 3.05) is 99.0 Å². The summed E-state index contributed by atoms with van der Waals surface area (Å²) in [7, 11) is 0. The lowest BCUT2D eigenvalue weighted by Crippen LogP contribution is -2.59. The number of carbonyl (C=O) groups is 4. The number of nitrogens with zero attached hydrogens (tertiary/aromatic N) is 13. The van der Waals surface area contributed by atoms with Gasteiger partial charge in [0.05, 0.1) is 34.6 Å². The lowest BCUT2D eigenvalue weighted by Gasteiger charge is -2.50. The number of hydrogen-bond acceptors (Lipinski definition) is 17. The van der Waals surface area contributed by atoms with E-state index in [-0.39, 0.29) is 41.8 Å². The molecule has 4 aromatic heterocycles. The van der Waals surface area contributed by atoms with Crippen LogP contribution >= 0.6 is 0 Å². The normalized spacial score (nSPS) is 20.6. The minimum atomic E-state index is -0.489. The molecule has 5 aliphatic heterocycles. The van der Waals surface area contributed by atoms with Crippen LogP contribution in [0.5, 0.6) is 0 Å². The second-order valence-electron chi connectivity index (χ2n) is 21.7. The van der Waals surface area contributed by atoms with Gasteiger partial charge in [0.25, 0.3) is 5.91 Å². The molecule has 3 N–H and O–H groups in total. The second-order valence-corrected chi connectivity index (χ2v) is 21.7. The van der Waals surface area contributed by atoms with Crippen LogP contribution in [0.3, 0.4) is 0 Å². The van der Waals surface area contributed by atoms with Crippen molar-refractivity contribution in [2.45, 2.75) is 103 Å². The largest absolute Gasteiger partial charge is 0.439 e. The van der Waals surface area contributed by atoms with Crippen molar-refractivity contribution in [2.24, 2.45) is 5.92 Å². The van der Waals surface area contributed by atoms with Gasteiger partial charge in [0, 0.05) is 107 Å². The SMILES string of the molecule is CC(C)(C1CCN(C(=O)COC(=O)N2CCN(c3cnc(-c4c(-c5nn(C(C)(C)C)c6ncnc(N)c56)noc4C4CC4)nc3)CC2)CC1)N1CCN(c2cccc3c2CCN3[C@@H]2CCC(=O)NC2=O)CC1. The predicted molar refractivity (Wildman–Crippen MR) is 269 cm³/mol. The Morgan fingerprint density at radius 1 is 0.792 bits per heavy atom. The van der Waals surface area contributed by atoms with Crippen molar-refractivity contribution in [3.63, 3.8) is 0 Å². The van der Waals surface area contributed by atoms with E-state index in [1.807, 2.05) is 30.4 Å². The number of piperazine rings is 2. The molecule has 1 atom stereocenters. The summed E-state index contributed by atoms with van der Waals surface area (Å²) in [5.74, 6) is 1.58. The van der Waals surface area contributed by atoms with Crippen LogP contribution < -0.4 is 25.8 Å². The maximum absolute atomic E-state index is 13.4. The van der Waals surface area contributed by atoms with E-state index in [4.69, 9.17) is 30.1 Å². The van der Waals surface area contributed by atoms with E-state index >= 15 is 0 Å². The summed E-state index contributed by atoms with van der Waals surface area (Å²) in [6.45, 7) is 18.2. The minimum absolute atomic E-state index is 0.0510. The van der Waals surface area contributed by atoms with Crippen LogP contribution in [0, 0.1) is 5.92 Å². The number of carbonyl (C=O) groups excluding carboxylic acids is 4. The summed E-state index contributed by atoms with van der Waals surface area (Å²) < 4.78 is 13.4. The molecule has 1 saturated carbocycles. The Bertz CT molecular complexity index is 2880. The zero-order chi connectivity index (χ0) is 50.1. The maximum atomic E-state index is 13.4. The molecule has 6 aliphatic rings. The lowest BCUT2D eigenvalue weighted by molar-refractivity contribution is -0.137. The first-order valence-electron chi connectivity index (χ1n) is 25.6. The molecule has 1 aromatic carbocycles. The van der Waals surface area contributed by atoms with Crippen molar-refractivity contribution in [3.05, 3.63) is 48.2 Å². The first-order valence-corrected chi connectivity index (χ1v) is 25.6. The topological polar surface area (TPSA) is 230 Å². The number of anilines is 4. The number of imide groups is 1. The zero-order valence-electron chi connectivity index (χ0n) is 42.0. The van der Waals surface area contributed by atoms with Gasteiger partial charge < -0.3 is 39.5 Å². The molecule has 5 aromatic rings. The Morgan fingerprint density at radius 3 is 2.19 bits per heavy atom. The van der Waals surface area contributed by atoms with E-state index in [0.717, 1.165) is 82.0 Å². The highest BCUT2D eigenvalue weighted by Crippen LogP contribution is 2.48. The Morgan fingerprint density at radius 2 is 1.50 bits per heavy atom. The molecule has 72 heavy (non-hydrogen) atoms. The number of hydrogen-bond donors (Lipinski definition) is 2. The lowest BCUT2D eigenvalue weighted by atomic mass is 9.78. The van der Waals surface area contributed by atoms with Gasteiger partial charge in [-0.05, 0) is 91.2 Å². The number of rotatable bonds is 10. The van der Waals surface area contributed by atoms with Crippen LogP contribution in [0.25, 0.3) is 33.8 Å². The monoisotopic (exact) mass is 984 g/mol. The molecule has 1 aliphatic carbocycles. The fraction of sp³-hybridized carbons (Fsp3) is 0.569. The molecule has 0 unspecified atom stereocenters. The summed E-state index contributed by atoms with van der Waals surface area (Å²) in [5.41, 5.74) is 12.7. The van der Waals surface area contributed by atoms with Crippen LogP contribution in [-0.4, -0.2) is 164 Å². The quantitative estimate of drug-likeness (QED) is 0.185.